The third-order valence-corrected chi connectivity index (χ3v) is 6.27. The van der Waals surface area contributed by atoms with E-state index in [-0.39, 0.29) is 24.1 Å². The highest BCUT2D eigenvalue weighted by Gasteiger charge is 2.37. The lowest BCUT2D eigenvalue weighted by Crippen LogP contribution is -2.50. The number of fused-ring (bicyclic) bond motifs is 4. The molecule has 5 rings (SSSR count). The zero-order chi connectivity index (χ0) is 20.5. The Morgan fingerprint density at radius 3 is 2.87 bits per heavy atom. The Balaban J connectivity index is 1.31. The van der Waals surface area contributed by atoms with Crippen LogP contribution in [0.4, 0.5) is 0 Å². The van der Waals surface area contributed by atoms with E-state index in [2.05, 4.69) is 15.6 Å². The number of carbonyl (C=O) groups excluding carboxylic acids is 1. The third-order valence-electron chi connectivity index (χ3n) is 6.27. The van der Waals surface area contributed by atoms with Crippen LogP contribution in [0.15, 0.2) is 65.7 Å². The fourth-order valence-electron chi connectivity index (χ4n) is 4.88. The van der Waals surface area contributed by atoms with E-state index < -0.39 is 0 Å². The minimum absolute atomic E-state index is 0.0179. The van der Waals surface area contributed by atoms with Gasteiger partial charge in [-0.05, 0) is 18.4 Å². The number of nitrogens with zero attached hydrogens (tertiary/aromatic N) is 3. The van der Waals surface area contributed by atoms with Crippen molar-refractivity contribution in [2.75, 3.05) is 19.6 Å². The highest BCUT2D eigenvalue weighted by Crippen LogP contribution is 2.38. The number of nitrogens with one attached hydrogen (secondary N) is 2. The van der Waals surface area contributed by atoms with Crippen molar-refractivity contribution in [1.82, 2.24) is 24.8 Å². The number of amides is 1. The number of hydrogen-bond acceptors (Lipinski definition) is 4. The van der Waals surface area contributed by atoms with Gasteiger partial charge in [0.05, 0.1) is 6.04 Å². The molecule has 30 heavy (non-hydrogen) atoms. The zero-order valence-corrected chi connectivity index (χ0v) is 16.7. The van der Waals surface area contributed by atoms with E-state index >= 15 is 0 Å². The number of rotatable bonds is 5. The highest BCUT2D eigenvalue weighted by atomic mass is 16.2. The molecule has 154 valence electrons. The van der Waals surface area contributed by atoms with E-state index in [1.165, 1.54) is 0 Å². The van der Waals surface area contributed by atoms with Gasteiger partial charge in [-0.3, -0.25) is 9.59 Å². The Morgan fingerprint density at radius 2 is 2.00 bits per heavy atom. The van der Waals surface area contributed by atoms with Gasteiger partial charge >= 0.3 is 0 Å². The van der Waals surface area contributed by atoms with Crippen LogP contribution in [0.5, 0.6) is 0 Å². The molecule has 0 radical (unpaired) electrons. The van der Waals surface area contributed by atoms with Crippen molar-refractivity contribution in [3.05, 3.63) is 77.0 Å². The van der Waals surface area contributed by atoms with Crippen molar-refractivity contribution < 1.29 is 4.79 Å². The van der Waals surface area contributed by atoms with Crippen LogP contribution < -0.4 is 16.2 Å². The predicted octanol–water partition coefficient (Wildman–Crippen LogP) is 1.78. The summed E-state index contributed by atoms with van der Waals surface area (Å²) in [6.45, 7) is 2.42. The topological polar surface area (TPSA) is 81.0 Å². The Hall–Kier alpha value is -3.19. The van der Waals surface area contributed by atoms with Gasteiger partial charge in [0.2, 0.25) is 5.91 Å². The molecule has 2 aliphatic rings. The van der Waals surface area contributed by atoms with Crippen molar-refractivity contribution in [1.29, 1.82) is 0 Å². The fourth-order valence-corrected chi connectivity index (χ4v) is 4.88. The largest absolute Gasteiger partial charge is 0.352 e. The number of imidazole rings is 1. The first-order valence-electron chi connectivity index (χ1n) is 10.5. The Bertz CT molecular complexity index is 1100. The van der Waals surface area contributed by atoms with E-state index in [4.69, 9.17) is 0 Å². The SMILES string of the molecule is O=C(Cn1ccnc1-c1ccccc1)NC[C@H]1[C@@H]2CNC[C@@H](C2)c2cccc(=O)n21. The minimum atomic E-state index is -0.0818. The standard InChI is InChI=1S/C23H25N5O2/c29-21(15-27-10-9-25-23(27)16-5-2-1-3-6-16)26-14-20-18-11-17(12-24-13-18)19-7-4-8-22(30)28(19)20/h1-10,17-18,20,24H,11-15H2,(H,26,29)/t17-,18+,20+/m1/s1. The lowest BCUT2D eigenvalue weighted by Gasteiger charge is -2.43. The smallest absolute Gasteiger partial charge is 0.251 e. The number of aromatic nitrogens is 3. The molecule has 1 amide bonds. The summed E-state index contributed by atoms with van der Waals surface area (Å²) in [5, 5.41) is 6.55. The van der Waals surface area contributed by atoms with Gasteiger partial charge in [0, 0.05) is 55.3 Å². The zero-order valence-electron chi connectivity index (χ0n) is 16.7. The monoisotopic (exact) mass is 403 g/mol. The van der Waals surface area contributed by atoms with Crippen molar-refractivity contribution in [2.45, 2.75) is 24.9 Å². The second-order valence-corrected chi connectivity index (χ2v) is 8.13. The van der Waals surface area contributed by atoms with Crippen LogP contribution in [0.3, 0.4) is 0 Å². The van der Waals surface area contributed by atoms with E-state index in [1.54, 1.807) is 12.3 Å². The molecule has 2 N–H and O–H groups in total. The van der Waals surface area contributed by atoms with Crippen LogP contribution in [0.25, 0.3) is 11.4 Å². The molecule has 0 aliphatic carbocycles. The Kier molecular flexibility index (Phi) is 4.96. The van der Waals surface area contributed by atoms with Gasteiger partial charge in [0.25, 0.3) is 5.56 Å². The Labute approximate surface area is 174 Å². The predicted molar refractivity (Wildman–Crippen MR) is 114 cm³/mol. The molecule has 7 nitrogen and oxygen atoms in total. The number of piperidine rings is 1. The molecule has 0 spiro atoms. The van der Waals surface area contributed by atoms with E-state index in [1.807, 2.05) is 57.8 Å². The van der Waals surface area contributed by atoms with Crippen LogP contribution in [0.1, 0.15) is 24.1 Å². The molecule has 0 saturated carbocycles. The van der Waals surface area contributed by atoms with Gasteiger partial charge in [0.15, 0.2) is 0 Å². The Morgan fingerprint density at radius 1 is 1.13 bits per heavy atom. The van der Waals surface area contributed by atoms with Crippen LogP contribution in [-0.4, -0.2) is 39.7 Å². The highest BCUT2D eigenvalue weighted by molar-refractivity contribution is 5.76. The summed E-state index contributed by atoms with van der Waals surface area (Å²) in [5.41, 5.74) is 2.07. The van der Waals surface area contributed by atoms with E-state index in [0.29, 0.717) is 18.4 Å². The molecule has 1 aromatic carbocycles. The van der Waals surface area contributed by atoms with Crippen LogP contribution in [0.2, 0.25) is 0 Å². The summed E-state index contributed by atoms with van der Waals surface area (Å²) in [6.07, 6.45) is 4.58. The molecule has 2 bridgehead atoms. The van der Waals surface area contributed by atoms with Crippen molar-refractivity contribution in [2.24, 2.45) is 5.92 Å². The lowest BCUT2D eigenvalue weighted by atomic mass is 9.79. The number of pyridine rings is 1. The summed E-state index contributed by atoms with van der Waals surface area (Å²) >= 11 is 0. The molecule has 1 saturated heterocycles. The summed E-state index contributed by atoms with van der Waals surface area (Å²) in [4.78, 5) is 29.8. The first kappa shape index (κ1) is 18.8. The molecule has 3 aromatic rings. The maximum atomic E-state index is 12.7. The van der Waals surface area contributed by atoms with Gasteiger partial charge < -0.3 is 19.8 Å². The molecular weight excluding hydrogens is 378 g/mol. The van der Waals surface area contributed by atoms with Gasteiger partial charge in [-0.2, -0.15) is 0 Å². The summed E-state index contributed by atoms with van der Waals surface area (Å²) in [7, 11) is 0. The van der Waals surface area contributed by atoms with Crippen molar-refractivity contribution in [3.63, 3.8) is 0 Å². The van der Waals surface area contributed by atoms with Crippen LogP contribution in [-0.2, 0) is 11.3 Å². The quantitative estimate of drug-likeness (QED) is 0.681. The second kappa shape index (κ2) is 7.91. The van der Waals surface area contributed by atoms with E-state index in [9.17, 15) is 9.59 Å². The first-order chi connectivity index (χ1) is 14.7. The first-order valence-corrected chi connectivity index (χ1v) is 10.5. The average molecular weight is 403 g/mol. The molecular formula is C23H25N5O2. The fraction of sp³-hybridized carbons (Fsp3) is 0.348. The van der Waals surface area contributed by atoms with Crippen LogP contribution in [0, 0.1) is 5.92 Å². The molecule has 2 aliphatic heterocycles. The summed E-state index contributed by atoms with van der Waals surface area (Å²) in [5.74, 6) is 1.39. The summed E-state index contributed by atoms with van der Waals surface area (Å²) in [6, 6.07) is 15.3. The summed E-state index contributed by atoms with van der Waals surface area (Å²) < 4.78 is 3.76. The molecule has 4 heterocycles. The number of hydrogen-bond donors (Lipinski definition) is 2. The second-order valence-electron chi connectivity index (χ2n) is 8.13. The molecule has 7 heteroatoms. The lowest BCUT2D eigenvalue weighted by molar-refractivity contribution is -0.121. The third kappa shape index (κ3) is 3.45. The molecule has 2 aromatic heterocycles. The number of carbonyl (C=O) groups is 1. The van der Waals surface area contributed by atoms with E-state index in [0.717, 1.165) is 36.6 Å². The maximum Gasteiger partial charge on any atom is 0.251 e. The van der Waals surface area contributed by atoms with Crippen LogP contribution >= 0.6 is 0 Å². The van der Waals surface area contributed by atoms with Crippen molar-refractivity contribution in [3.8, 4) is 11.4 Å². The average Bonchev–Trinajstić information content (AvgIpc) is 3.23. The normalized spacial score (nSPS) is 22.3. The van der Waals surface area contributed by atoms with Gasteiger partial charge in [-0.25, -0.2) is 4.98 Å². The molecule has 3 atom stereocenters. The van der Waals surface area contributed by atoms with Gasteiger partial charge in [-0.1, -0.05) is 36.4 Å². The number of benzene rings is 1. The van der Waals surface area contributed by atoms with Gasteiger partial charge in [0.1, 0.15) is 12.4 Å². The molecule has 1 fully saturated rings. The maximum absolute atomic E-state index is 12.7. The van der Waals surface area contributed by atoms with Crippen molar-refractivity contribution >= 4 is 5.91 Å². The molecule has 0 unspecified atom stereocenters. The van der Waals surface area contributed by atoms with Gasteiger partial charge in [-0.15, -0.1) is 0 Å². The minimum Gasteiger partial charge on any atom is -0.352 e.